The van der Waals surface area contributed by atoms with E-state index in [2.05, 4.69) is 21.8 Å². The fourth-order valence-electron chi connectivity index (χ4n) is 5.68. The predicted octanol–water partition coefficient (Wildman–Crippen LogP) is 5.17. The number of benzene rings is 2. The van der Waals surface area contributed by atoms with Gasteiger partial charge in [-0.25, -0.2) is 8.78 Å². The fourth-order valence-corrected chi connectivity index (χ4v) is 6.02. The van der Waals surface area contributed by atoms with Crippen molar-refractivity contribution < 1.29 is 23.8 Å². The summed E-state index contributed by atoms with van der Waals surface area (Å²) >= 11 is 12.2. The number of aliphatic hydroxyl groups is 2. The lowest BCUT2D eigenvalue weighted by Crippen LogP contribution is -2.45. The summed E-state index contributed by atoms with van der Waals surface area (Å²) in [5.41, 5.74) is -3.79. The van der Waals surface area contributed by atoms with Crippen molar-refractivity contribution in [1.29, 1.82) is 5.26 Å². The van der Waals surface area contributed by atoms with E-state index < -0.39 is 52.0 Å². The molecule has 2 aromatic carbocycles. The molecule has 4 rings (SSSR count). The molecular weight excluding hydrogens is 587 g/mol. The second-order valence-electron chi connectivity index (χ2n) is 12.1. The first-order valence-electron chi connectivity index (χ1n) is 13.4. The van der Waals surface area contributed by atoms with Gasteiger partial charge in [-0.1, -0.05) is 55.2 Å². The molecule has 4 atom stereocenters. The van der Waals surface area contributed by atoms with Gasteiger partial charge in [0.25, 0.3) is 0 Å². The third kappa shape index (κ3) is 6.31. The number of rotatable bonds is 9. The number of nitrogens with zero attached hydrogens (tertiary/aromatic N) is 3. The fraction of sp³-hybridized carbons (Fsp3) is 0.433. The van der Waals surface area contributed by atoms with Crippen molar-refractivity contribution >= 4 is 34.9 Å². The minimum absolute atomic E-state index is 0.0529. The summed E-state index contributed by atoms with van der Waals surface area (Å²) in [6, 6.07) is 9.75. The summed E-state index contributed by atoms with van der Waals surface area (Å²) in [6.45, 7) is 6.67. The van der Waals surface area contributed by atoms with Gasteiger partial charge in [-0.05, 0) is 49.4 Å². The third-order valence-corrected chi connectivity index (χ3v) is 8.07. The third-order valence-electron chi connectivity index (χ3n) is 7.54. The lowest BCUT2D eigenvalue weighted by atomic mass is 9.62. The summed E-state index contributed by atoms with van der Waals surface area (Å²) in [5, 5.41) is 41.2. The van der Waals surface area contributed by atoms with Crippen molar-refractivity contribution in [3.63, 3.8) is 0 Å². The van der Waals surface area contributed by atoms with Crippen LogP contribution in [0.3, 0.4) is 0 Å². The first-order chi connectivity index (χ1) is 19.6. The Balaban J connectivity index is 1.89. The van der Waals surface area contributed by atoms with Gasteiger partial charge >= 0.3 is 0 Å². The molecule has 1 saturated heterocycles. The van der Waals surface area contributed by atoms with Gasteiger partial charge < -0.3 is 20.8 Å². The number of nitrogens with one attached hydrogen (secondary N) is 2. The Kier molecular flexibility index (Phi) is 9.03. The molecule has 1 fully saturated rings. The quantitative estimate of drug-likeness (QED) is 0.262. The number of aromatic nitrogens is 2. The van der Waals surface area contributed by atoms with Gasteiger partial charge in [0.2, 0.25) is 5.91 Å². The lowest BCUT2D eigenvalue weighted by Gasteiger charge is -2.38. The molecule has 4 N–H and O–H groups in total. The number of hydrogen-bond donors (Lipinski definition) is 4. The maximum absolute atomic E-state index is 15.8. The van der Waals surface area contributed by atoms with Crippen LogP contribution < -0.4 is 10.6 Å². The van der Waals surface area contributed by atoms with Crippen LogP contribution in [0, 0.1) is 28.4 Å². The van der Waals surface area contributed by atoms with Crippen LogP contribution in [0.5, 0.6) is 0 Å². The molecule has 1 amide bonds. The van der Waals surface area contributed by atoms with Gasteiger partial charge in [-0.15, -0.1) is 0 Å². The Bertz CT molecular complexity index is 1520. The standard InChI is InChI=1S/C30H33Cl2F2N5O3/c1-28(2,16-40)13-22-30(14-35,19-9-8-17(31)12-21(19)33)24(18-6-5-7-20(32)25(18)34)26(36-22)27(41)37-23-10-11-39(38-23)15-29(3,4)42/h5-12,22,24,26,36,40,42H,13,15-16H2,1-4H3,(H,37,38,41)/t22-,24-,26+,30-/m1/s1. The normalized spacial score (nSPS) is 22.6. The molecule has 0 spiro atoms. The Morgan fingerprint density at radius 1 is 1.21 bits per heavy atom. The molecule has 0 saturated carbocycles. The topological polar surface area (TPSA) is 123 Å². The molecule has 0 unspecified atom stereocenters. The molecule has 0 radical (unpaired) electrons. The number of hydrogen-bond acceptors (Lipinski definition) is 6. The van der Waals surface area contributed by atoms with Crippen LogP contribution in [-0.4, -0.2) is 50.2 Å². The Morgan fingerprint density at radius 3 is 2.55 bits per heavy atom. The van der Waals surface area contributed by atoms with Crippen molar-refractivity contribution in [3.05, 3.63) is 81.5 Å². The zero-order valence-electron chi connectivity index (χ0n) is 23.6. The maximum atomic E-state index is 15.8. The summed E-state index contributed by atoms with van der Waals surface area (Å²) in [4.78, 5) is 13.9. The molecule has 8 nitrogen and oxygen atoms in total. The predicted molar refractivity (Wildman–Crippen MR) is 156 cm³/mol. The van der Waals surface area contributed by atoms with E-state index in [1.54, 1.807) is 33.9 Å². The van der Waals surface area contributed by atoms with Crippen molar-refractivity contribution in [2.45, 2.75) is 69.7 Å². The number of nitriles is 1. The summed E-state index contributed by atoms with van der Waals surface area (Å²) < 4.78 is 33.0. The molecular formula is C30H33Cl2F2N5O3. The first kappa shape index (κ1) is 31.9. The van der Waals surface area contributed by atoms with Gasteiger partial charge in [0.05, 0.1) is 29.3 Å². The Hall–Kier alpha value is -3.07. The smallest absolute Gasteiger partial charge is 0.243 e. The zero-order chi connectivity index (χ0) is 31.0. The van der Waals surface area contributed by atoms with Gasteiger partial charge in [-0.3, -0.25) is 9.48 Å². The summed E-state index contributed by atoms with van der Waals surface area (Å²) in [5.74, 6) is -3.39. The maximum Gasteiger partial charge on any atom is 0.243 e. The van der Waals surface area contributed by atoms with Crippen LogP contribution in [0.25, 0.3) is 0 Å². The second-order valence-corrected chi connectivity index (χ2v) is 13.0. The highest BCUT2D eigenvalue weighted by atomic mass is 35.5. The molecule has 0 aliphatic carbocycles. The Morgan fingerprint density at radius 2 is 1.93 bits per heavy atom. The van der Waals surface area contributed by atoms with E-state index in [1.165, 1.54) is 41.1 Å². The largest absolute Gasteiger partial charge is 0.396 e. The molecule has 1 aliphatic rings. The van der Waals surface area contributed by atoms with Crippen molar-refractivity contribution in [1.82, 2.24) is 15.1 Å². The first-order valence-corrected chi connectivity index (χ1v) is 14.1. The number of carbonyl (C=O) groups is 1. The second kappa shape index (κ2) is 11.9. The Labute approximate surface area is 253 Å². The lowest BCUT2D eigenvalue weighted by molar-refractivity contribution is -0.118. The van der Waals surface area contributed by atoms with Crippen LogP contribution in [-0.2, 0) is 16.8 Å². The van der Waals surface area contributed by atoms with Crippen LogP contribution >= 0.6 is 23.2 Å². The molecule has 2 heterocycles. The van der Waals surface area contributed by atoms with Crippen LogP contribution in [0.15, 0.2) is 48.7 Å². The molecule has 42 heavy (non-hydrogen) atoms. The SMILES string of the molecule is CC(C)(O)Cn1ccc(NC(=O)[C@H]2N[C@H](CC(C)(C)CO)[C@@](C#N)(c3ccc(Cl)cc3F)[C@@H]2c2cccc(Cl)c2F)n1. The number of halogens is 4. The van der Waals surface area contributed by atoms with E-state index in [9.17, 15) is 20.3 Å². The van der Waals surface area contributed by atoms with E-state index in [0.717, 1.165) is 6.07 Å². The van der Waals surface area contributed by atoms with Crippen LogP contribution in [0.1, 0.15) is 51.2 Å². The minimum Gasteiger partial charge on any atom is -0.396 e. The zero-order valence-corrected chi connectivity index (χ0v) is 25.1. The molecule has 12 heteroatoms. The van der Waals surface area contributed by atoms with Gasteiger partial charge in [0.15, 0.2) is 5.82 Å². The van der Waals surface area contributed by atoms with Gasteiger partial charge in [0.1, 0.15) is 17.0 Å². The highest BCUT2D eigenvalue weighted by molar-refractivity contribution is 6.31. The van der Waals surface area contributed by atoms with Crippen LogP contribution in [0.4, 0.5) is 14.6 Å². The van der Waals surface area contributed by atoms with Crippen LogP contribution in [0.2, 0.25) is 10.0 Å². The van der Waals surface area contributed by atoms with E-state index >= 15 is 8.78 Å². The van der Waals surface area contributed by atoms with E-state index in [0.29, 0.717) is 0 Å². The van der Waals surface area contributed by atoms with Gasteiger partial charge in [-0.2, -0.15) is 10.4 Å². The van der Waals surface area contributed by atoms with E-state index in [4.69, 9.17) is 23.2 Å². The average Bonchev–Trinajstić information content (AvgIpc) is 3.46. The number of anilines is 1. The van der Waals surface area contributed by atoms with Gasteiger partial charge in [0, 0.05) is 41.4 Å². The van der Waals surface area contributed by atoms with Crippen molar-refractivity contribution in [2.75, 3.05) is 11.9 Å². The van der Waals surface area contributed by atoms with E-state index in [-0.39, 0.29) is 46.6 Å². The van der Waals surface area contributed by atoms with E-state index in [1.807, 2.05) is 0 Å². The molecule has 224 valence electrons. The molecule has 3 aromatic rings. The van der Waals surface area contributed by atoms with Crippen molar-refractivity contribution in [2.24, 2.45) is 5.41 Å². The molecule has 1 aliphatic heterocycles. The molecule has 0 bridgehead atoms. The minimum atomic E-state index is -1.84. The average molecular weight is 621 g/mol. The number of aliphatic hydroxyl groups excluding tert-OH is 1. The highest BCUT2D eigenvalue weighted by Crippen LogP contribution is 2.52. The number of amides is 1. The monoisotopic (exact) mass is 619 g/mol. The number of carbonyl (C=O) groups excluding carboxylic acids is 1. The summed E-state index contributed by atoms with van der Waals surface area (Å²) in [7, 11) is 0. The van der Waals surface area contributed by atoms with Crippen molar-refractivity contribution in [3.8, 4) is 6.07 Å². The highest BCUT2D eigenvalue weighted by Gasteiger charge is 2.61. The summed E-state index contributed by atoms with van der Waals surface area (Å²) in [6.07, 6.45) is 1.71. The molecule has 1 aromatic heterocycles.